The zero-order chi connectivity index (χ0) is 19.0. The van der Waals surface area contributed by atoms with Gasteiger partial charge in [0.1, 0.15) is 11.3 Å². The van der Waals surface area contributed by atoms with Gasteiger partial charge in [0.05, 0.1) is 7.11 Å². The minimum Gasteiger partial charge on any atom is -0.497 e. The van der Waals surface area contributed by atoms with E-state index in [1.165, 1.54) is 12.8 Å². The zero-order valence-corrected chi connectivity index (χ0v) is 17.2. The fraction of sp³-hybridized carbons (Fsp3) is 0.632. The Morgan fingerprint density at radius 1 is 1.20 bits per heavy atom. The highest BCUT2D eigenvalue weighted by molar-refractivity contribution is 6.31. The summed E-state index contributed by atoms with van der Waals surface area (Å²) in [5.41, 5.74) is 0.565. The molecule has 0 saturated carbocycles. The largest absolute Gasteiger partial charge is 0.497 e. The van der Waals surface area contributed by atoms with Gasteiger partial charge in [0.2, 0.25) is 0 Å². The predicted molar refractivity (Wildman–Crippen MR) is 104 cm³/mol. The molecule has 0 bridgehead atoms. The number of nitrogens with zero attached hydrogens (tertiary/aromatic N) is 1. The van der Waals surface area contributed by atoms with Crippen molar-refractivity contribution in [2.45, 2.75) is 64.6 Å². The summed E-state index contributed by atoms with van der Waals surface area (Å²) in [5.74, 6) is 0.569. The topological polar surface area (TPSA) is 38.8 Å². The van der Waals surface area contributed by atoms with E-state index in [-0.39, 0.29) is 23.6 Å². The second-order valence-electron chi connectivity index (χ2n) is 6.56. The molecule has 1 unspecified atom stereocenters. The minimum atomic E-state index is -0.0270. The summed E-state index contributed by atoms with van der Waals surface area (Å²) in [6.07, 6.45) is 3.44. The third-order valence-electron chi connectivity index (χ3n) is 3.83. The van der Waals surface area contributed by atoms with Crippen LogP contribution in [0.15, 0.2) is 18.2 Å². The minimum absolute atomic E-state index is 0.00810. The van der Waals surface area contributed by atoms with Gasteiger partial charge >= 0.3 is 0 Å². The van der Waals surface area contributed by atoms with Crippen LogP contribution in [0.1, 0.15) is 57.3 Å². The summed E-state index contributed by atoms with van der Waals surface area (Å²) in [4.78, 5) is 14.3. The van der Waals surface area contributed by atoms with Gasteiger partial charge in [-0.3, -0.25) is 4.79 Å². The van der Waals surface area contributed by atoms with Crippen molar-refractivity contribution in [3.63, 3.8) is 0 Å². The summed E-state index contributed by atoms with van der Waals surface area (Å²) in [6, 6.07) is 5.36. The van der Waals surface area contributed by atoms with Gasteiger partial charge in [0, 0.05) is 29.3 Å². The number of hydrogen-bond donors (Lipinski definition) is 0. The van der Waals surface area contributed by atoms with Crippen LogP contribution in [-0.2, 0) is 4.74 Å². The number of hydrogen-bond acceptors (Lipinski definition) is 3. The SMILES string of the molecule is COc1cc(Cl)cc(C(=O)N(C(C)C)C(C)C)c1.ClC1CCCCO1. The van der Waals surface area contributed by atoms with Gasteiger partial charge in [-0.05, 0) is 65.2 Å². The van der Waals surface area contributed by atoms with Crippen LogP contribution in [0.3, 0.4) is 0 Å². The van der Waals surface area contributed by atoms with E-state index >= 15 is 0 Å². The molecule has 0 aliphatic carbocycles. The lowest BCUT2D eigenvalue weighted by atomic mass is 10.1. The van der Waals surface area contributed by atoms with Crippen molar-refractivity contribution in [1.29, 1.82) is 0 Å². The number of alkyl halides is 1. The number of carbonyl (C=O) groups excluding carboxylic acids is 1. The van der Waals surface area contributed by atoms with Crippen LogP contribution in [0.4, 0.5) is 0 Å². The van der Waals surface area contributed by atoms with Crippen molar-refractivity contribution < 1.29 is 14.3 Å². The first-order valence-corrected chi connectivity index (χ1v) is 9.50. The van der Waals surface area contributed by atoms with Crippen LogP contribution < -0.4 is 4.74 Å². The molecule has 1 amide bonds. The molecule has 1 heterocycles. The Kier molecular flexibility index (Phi) is 9.62. The van der Waals surface area contributed by atoms with Gasteiger partial charge in [0.15, 0.2) is 0 Å². The average molecular weight is 390 g/mol. The standard InChI is InChI=1S/C14H20ClNO2.C5H9ClO/c1-9(2)16(10(3)4)14(17)11-6-12(15)8-13(7-11)18-5;6-5-3-1-2-4-7-5/h6-10H,1-5H3;5H,1-4H2. The zero-order valence-electron chi connectivity index (χ0n) is 15.7. The molecule has 1 aliphatic heterocycles. The fourth-order valence-corrected chi connectivity index (χ4v) is 3.19. The molecule has 1 aromatic carbocycles. The summed E-state index contributed by atoms with van der Waals surface area (Å²) in [7, 11) is 1.56. The van der Waals surface area contributed by atoms with Gasteiger partial charge in [-0.2, -0.15) is 0 Å². The van der Waals surface area contributed by atoms with Crippen molar-refractivity contribution in [1.82, 2.24) is 4.90 Å². The maximum absolute atomic E-state index is 12.5. The molecular formula is C19H29Cl2NO3. The molecule has 4 nitrogen and oxygen atoms in total. The van der Waals surface area contributed by atoms with Crippen LogP contribution in [0.25, 0.3) is 0 Å². The second kappa shape index (κ2) is 10.9. The second-order valence-corrected chi connectivity index (χ2v) is 7.48. The predicted octanol–water partition coefficient (Wildman–Crippen LogP) is 5.36. The maximum atomic E-state index is 12.5. The Morgan fingerprint density at radius 2 is 1.84 bits per heavy atom. The molecule has 2 rings (SSSR count). The van der Waals surface area contributed by atoms with Crippen molar-refractivity contribution in [2.75, 3.05) is 13.7 Å². The number of ether oxygens (including phenoxy) is 2. The normalized spacial score (nSPS) is 17.1. The Morgan fingerprint density at radius 3 is 2.24 bits per heavy atom. The van der Waals surface area contributed by atoms with Crippen molar-refractivity contribution in [3.05, 3.63) is 28.8 Å². The first-order chi connectivity index (χ1) is 11.8. The molecule has 1 fully saturated rings. The molecule has 0 radical (unpaired) electrons. The Hall–Kier alpha value is -0.970. The van der Waals surface area contributed by atoms with Gasteiger partial charge in [-0.1, -0.05) is 23.2 Å². The summed E-state index contributed by atoms with van der Waals surface area (Å²) >= 11 is 11.6. The number of carbonyl (C=O) groups is 1. The quantitative estimate of drug-likeness (QED) is 0.650. The molecule has 1 atom stereocenters. The first-order valence-electron chi connectivity index (χ1n) is 8.69. The van der Waals surface area contributed by atoms with E-state index in [4.69, 9.17) is 32.7 Å². The Labute approximate surface area is 161 Å². The molecule has 1 saturated heterocycles. The number of benzene rings is 1. The average Bonchev–Trinajstić information content (AvgIpc) is 2.54. The number of amides is 1. The van der Waals surface area contributed by atoms with E-state index in [0.717, 1.165) is 13.0 Å². The third kappa shape index (κ3) is 7.43. The monoisotopic (exact) mass is 389 g/mol. The molecule has 1 aromatic rings. The Bertz CT molecular complexity index is 535. The Balaban J connectivity index is 0.000000370. The molecule has 0 aromatic heterocycles. The van der Waals surface area contributed by atoms with Gasteiger partial charge < -0.3 is 14.4 Å². The van der Waals surface area contributed by atoms with E-state index in [1.54, 1.807) is 25.3 Å². The number of methoxy groups -OCH3 is 1. The van der Waals surface area contributed by atoms with Crippen molar-refractivity contribution in [2.24, 2.45) is 0 Å². The summed E-state index contributed by atoms with van der Waals surface area (Å²) in [5, 5.41) is 0.505. The lowest BCUT2D eigenvalue weighted by Crippen LogP contribution is -2.42. The lowest BCUT2D eigenvalue weighted by Gasteiger charge is -2.31. The van der Waals surface area contributed by atoms with Gasteiger partial charge in [-0.15, -0.1) is 0 Å². The number of halogens is 2. The molecule has 0 N–H and O–H groups in total. The van der Waals surface area contributed by atoms with E-state index in [2.05, 4.69) is 0 Å². The molecular weight excluding hydrogens is 361 g/mol. The first kappa shape index (κ1) is 22.1. The van der Waals surface area contributed by atoms with Crippen LogP contribution in [0.5, 0.6) is 5.75 Å². The third-order valence-corrected chi connectivity index (χ3v) is 4.39. The van der Waals surface area contributed by atoms with E-state index in [9.17, 15) is 4.79 Å². The molecule has 1 aliphatic rings. The van der Waals surface area contributed by atoms with Crippen molar-refractivity contribution in [3.8, 4) is 5.75 Å². The van der Waals surface area contributed by atoms with Crippen LogP contribution in [0.2, 0.25) is 5.02 Å². The summed E-state index contributed by atoms with van der Waals surface area (Å²) < 4.78 is 10.2. The van der Waals surface area contributed by atoms with E-state index in [1.807, 2.05) is 32.6 Å². The van der Waals surface area contributed by atoms with Crippen LogP contribution in [-0.4, -0.2) is 42.2 Å². The highest BCUT2D eigenvalue weighted by Gasteiger charge is 2.22. The number of rotatable bonds is 4. The van der Waals surface area contributed by atoms with E-state index in [0.29, 0.717) is 16.3 Å². The smallest absolute Gasteiger partial charge is 0.254 e. The molecule has 6 heteroatoms. The van der Waals surface area contributed by atoms with Gasteiger partial charge in [0.25, 0.3) is 5.91 Å². The van der Waals surface area contributed by atoms with Crippen molar-refractivity contribution >= 4 is 29.1 Å². The molecule has 0 spiro atoms. The lowest BCUT2D eigenvalue weighted by molar-refractivity contribution is 0.0643. The maximum Gasteiger partial charge on any atom is 0.254 e. The summed E-state index contributed by atoms with van der Waals surface area (Å²) in [6.45, 7) is 8.85. The van der Waals surface area contributed by atoms with Crippen LogP contribution >= 0.6 is 23.2 Å². The van der Waals surface area contributed by atoms with E-state index < -0.39 is 0 Å². The molecule has 25 heavy (non-hydrogen) atoms. The van der Waals surface area contributed by atoms with Gasteiger partial charge in [-0.25, -0.2) is 0 Å². The fourth-order valence-electron chi connectivity index (χ4n) is 2.72. The highest BCUT2D eigenvalue weighted by Crippen LogP contribution is 2.23. The van der Waals surface area contributed by atoms with Crippen LogP contribution in [0, 0.1) is 0 Å². The molecule has 142 valence electrons. The highest BCUT2D eigenvalue weighted by atomic mass is 35.5.